The molecule has 13 heteroatoms. The normalized spacial score (nSPS) is 23.5. The summed E-state index contributed by atoms with van der Waals surface area (Å²) in [5, 5.41) is 0. The Balaban J connectivity index is 1.95. The van der Waals surface area contributed by atoms with Crippen LogP contribution in [-0.2, 0) is 20.3 Å². The van der Waals surface area contributed by atoms with E-state index in [9.17, 15) is 43.5 Å². The zero-order valence-electron chi connectivity index (χ0n) is 18.1. The van der Waals surface area contributed by atoms with Crippen LogP contribution in [-0.4, -0.2) is 51.4 Å². The Bertz CT molecular complexity index is 1210. The van der Waals surface area contributed by atoms with Crippen LogP contribution in [0.5, 0.6) is 5.75 Å². The molecule has 192 valence electrons. The van der Waals surface area contributed by atoms with Gasteiger partial charge in [0.05, 0.1) is 10.9 Å². The Kier molecular flexibility index (Phi) is 5.91. The summed E-state index contributed by atoms with van der Waals surface area (Å²) in [5.74, 6) is -1.28. The molecule has 0 amide bonds. The van der Waals surface area contributed by atoms with Crippen molar-refractivity contribution in [2.45, 2.75) is 47.1 Å². The molecular weight excluding hydrogens is 510 g/mol. The number of rotatable bonds is 4. The predicted octanol–water partition coefficient (Wildman–Crippen LogP) is 5.27. The van der Waals surface area contributed by atoms with E-state index in [2.05, 4.69) is 0 Å². The Morgan fingerprint density at radius 1 is 1.00 bits per heavy atom. The number of alkyl halides is 7. The fourth-order valence-electron chi connectivity index (χ4n) is 5.00. The lowest BCUT2D eigenvalue weighted by atomic mass is 9.85. The van der Waals surface area contributed by atoms with Crippen LogP contribution < -0.4 is 4.74 Å². The molecule has 0 bridgehead atoms. The topological polar surface area (TPSA) is 46.6 Å². The summed E-state index contributed by atoms with van der Waals surface area (Å²) < 4.78 is 139. The van der Waals surface area contributed by atoms with Crippen LogP contribution in [0, 0.1) is 5.82 Å². The van der Waals surface area contributed by atoms with E-state index in [-0.39, 0.29) is 36.1 Å². The van der Waals surface area contributed by atoms with Gasteiger partial charge in [-0.25, -0.2) is 17.2 Å². The van der Waals surface area contributed by atoms with Gasteiger partial charge in [0.25, 0.3) is 0 Å². The molecule has 1 fully saturated rings. The first kappa shape index (κ1) is 25.7. The van der Waals surface area contributed by atoms with Gasteiger partial charge in [0.1, 0.15) is 22.9 Å². The van der Waals surface area contributed by atoms with Gasteiger partial charge in [-0.1, -0.05) is 19.1 Å². The van der Waals surface area contributed by atoms with E-state index < -0.39 is 55.8 Å². The van der Waals surface area contributed by atoms with Crippen molar-refractivity contribution in [3.63, 3.8) is 0 Å². The summed E-state index contributed by atoms with van der Waals surface area (Å²) in [4.78, 5) is 1.49. The Hall–Kier alpha value is -2.41. The van der Waals surface area contributed by atoms with Crippen LogP contribution in [0.3, 0.4) is 0 Å². The SMILES string of the molecule is CCN1CCC2(S(=O)(=O)c3ccc(F)cc3)c3ccc(C(F)(C(F)(F)F)C(F)(F)F)cc3OCC12. The standard InChI is InChI=1S/C22H19F8NO3S/c1-2-31-10-9-19(35(32,33)15-6-4-14(23)5-7-15)16-8-3-13(11-17(16)34-12-18(19)31)20(24,21(25,26)27)22(28,29)30/h3-8,11,18H,2,9-10,12H2,1H3. The highest BCUT2D eigenvalue weighted by Crippen LogP contribution is 2.57. The molecule has 4 nitrogen and oxygen atoms in total. The molecule has 2 aliphatic rings. The summed E-state index contributed by atoms with van der Waals surface area (Å²) >= 11 is 0. The Morgan fingerprint density at radius 3 is 2.14 bits per heavy atom. The quantitative estimate of drug-likeness (QED) is 0.400. The van der Waals surface area contributed by atoms with Gasteiger partial charge < -0.3 is 4.74 Å². The summed E-state index contributed by atoms with van der Waals surface area (Å²) in [6.45, 7) is 2.01. The number of hydrogen-bond donors (Lipinski definition) is 0. The number of sulfone groups is 1. The van der Waals surface area contributed by atoms with Gasteiger partial charge in [-0.05, 0) is 43.3 Å². The van der Waals surface area contributed by atoms with E-state index in [0.29, 0.717) is 12.6 Å². The highest BCUT2D eigenvalue weighted by atomic mass is 32.2. The fourth-order valence-corrected chi connectivity index (χ4v) is 7.31. The smallest absolute Gasteiger partial charge is 0.435 e. The molecule has 2 heterocycles. The monoisotopic (exact) mass is 529 g/mol. The summed E-state index contributed by atoms with van der Waals surface area (Å²) in [5.41, 5.74) is -7.64. The van der Waals surface area contributed by atoms with Crippen molar-refractivity contribution >= 4 is 9.84 Å². The van der Waals surface area contributed by atoms with E-state index in [1.807, 2.05) is 0 Å². The second kappa shape index (κ2) is 8.05. The number of likely N-dealkylation sites (N-methyl/N-ethyl adjacent to an activating group) is 1. The van der Waals surface area contributed by atoms with E-state index in [1.54, 1.807) is 11.8 Å². The Labute approximate surface area is 195 Å². The van der Waals surface area contributed by atoms with Gasteiger partial charge in [0.15, 0.2) is 9.84 Å². The minimum Gasteiger partial charge on any atom is -0.492 e. The van der Waals surface area contributed by atoms with Gasteiger partial charge in [-0.3, -0.25) is 4.90 Å². The van der Waals surface area contributed by atoms with Crippen LogP contribution in [0.15, 0.2) is 47.4 Å². The zero-order valence-corrected chi connectivity index (χ0v) is 18.9. The third-order valence-corrected chi connectivity index (χ3v) is 9.32. The van der Waals surface area contributed by atoms with Crippen LogP contribution in [0.4, 0.5) is 35.1 Å². The lowest BCUT2D eigenvalue weighted by molar-refractivity contribution is -0.348. The largest absolute Gasteiger partial charge is 0.492 e. The molecule has 1 saturated heterocycles. The molecule has 0 spiro atoms. The third kappa shape index (κ3) is 3.52. The lowest BCUT2D eigenvalue weighted by Crippen LogP contribution is -2.54. The van der Waals surface area contributed by atoms with Crippen molar-refractivity contribution in [3.8, 4) is 5.75 Å². The van der Waals surface area contributed by atoms with Crippen molar-refractivity contribution < 1.29 is 48.3 Å². The number of nitrogens with zero attached hydrogens (tertiary/aromatic N) is 1. The van der Waals surface area contributed by atoms with Gasteiger partial charge >= 0.3 is 18.0 Å². The van der Waals surface area contributed by atoms with Gasteiger partial charge in [0, 0.05) is 17.7 Å². The highest BCUT2D eigenvalue weighted by Gasteiger charge is 2.74. The first-order valence-electron chi connectivity index (χ1n) is 10.5. The summed E-state index contributed by atoms with van der Waals surface area (Å²) in [6, 6.07) is 4.41. The maximum atomic E-state index is 14.7. The van der Waals surface area contributed by atoms with Crippen LogP contribution in [0.25, 0.3) is 0 Å². The van der Waals surface area contributed by atoms with E-state index in [0.717, 1.165) is 30.3 Å². The molecule has 35 heavy (non-hydrogen) atoms. The average Bonchev–Trinajstić information content (AvgIpc) is 3.17. The van der Waals surface area contributed by atoms with Crippen LogP contribution in [0.1, 0.15) is 24.5 Å². The summed E-state index contributed by atoms with van der Waals surface area (Å²) in [7, 11) is -4.37. The number of benzene rings is 2. The lowest BCUT2D eigenvalue weighted by Gasteiger charge is -2.42. The van der Waals surface area contributed by atoms with E-state index in [4.69, 9.17) is 4.74 Å². The van der Waals surface area contributed by atoms with E-state index in [1.165, 1.54) is 0 Å². The highest BCUT2D eigenvalue weighted by molar-refractivity contribution is 7.92. The molecule has 2 aromatic carbocycles. The maximum Gasteiger partial charge on any atom is 0.435 e. The van der Waals surface area contributed by atoms with Crippen molar-refractivity contribution in [3.05, 3.63) is 59.4 Å². The molecule has 2 unspecified atom stereocenters. The van der Waals surface area contributed by atoms with Gasteiger partial charge in [-0.15, -0.1) is 0 Å². The average molecular weight is 529 g/mol. The molecule has 2 aromatic rings. The number of ether oxygens (including phenoxy) is 1. The zero-order chi connectivity index (χ0) is 26.0. The number of hydrogen-bond acceptors (Lipinski definition) is 4. The van der Waals surface area contributed by atoms with Gasteiger partial charge in [0.2, 0.25) is 0 Å². The van der Waals surface area contributed by atoms with Gasteiger partial charge in [-0.2, -0.15) is 26.3 Å². The van der Waals surface area contributed by atoms with Crippen LogP contribution >= 0.6 is 0 Å². The molecule has 2 aliphatic heterocycles. The molecule has 0 radical (unpaired) electrons. The molecule has 0 aliphatic carbocycles. The van der Waals surface area contributed by atoms with Crippen molar-refractivity contribution in [2.24, 2.45) is 0 Å². The molecule has 0 aromatic heterocycles. The minimum atomic E-state index is -6.33. The maximum absolute atomic E-state index is 14.7. The van der Waals surface area contributed by atoms with E-state index >= 15 is 0 Å². The molecule has 0 N–H and O–H groups in total. The third-order valence-electron chi connectivity index (χ3n) is 6.77. The second-order valence-electron chi connectivity index (χ2n) is 8.42. The number of halogens is 8. The number of likely N-dealkylation sites (tertiary alicyclic amines) is 1. The van der Waals surface area contributed by atoms with Crippen LogP contribution in [0.2, 0.25) is 0 Å². The molecule has 0 saturated carbocycles. The molecular formula is C22H19F8NO3S. The van der Waals surface area contributed by atoms with Crippen molar-refractivity contribution in [1.82, 2.24) is 4.90 Å². The first-order chi connectivity index (χ1) is 16.1. The Morgan fingerprint density at radius 2 is 1.60 bits per heavy atom. The number of fused-ring (bicyclic) bond motifs is 3. The predicted molar refractivity (Wildman–Crippen MR) is 108 cm³/mol. The summed E-state index contributed by atoms with van der Waals surface area (Å²) in [6.07, 6.45) is -12.7. The molecule has 2 atom stereocenters. The first-order valence-corrected chi connectivity index (χ1v) is 11.9. The molecule has 4 rings (SSSR count). The van der Waals surface area contributed by atoms with Crippen molar-refractivity contribution in [2.75, 3.05) is 19.7 Å². The minimum absolute atomic E-state index is 0.0553. The second-order valence-corrected chi connectivity index (χ2v) is 10.6. The van der Waals surface area contributed by atoms with Crippen molar-refractivity contribution in [1.29, 1.82) is 0 Å². The fraction of sp³-hybridized carbons (Fsp3) is 0.455.